The Morgan fingerprint density at radius 1 is 1.19 bits per heavy atom. The van der Waals surface area contributed by atoms with Crippen molar-refractivity contribution in [1.29, 1.82) is 0 Å². The topological polar surface area (TPSA) is 130 Å². The lowest BCUT2D eigenvalue weighted by Crippen LogP contribution is -2.49. The number of aliphatic carboxylic acids is 2. The Labute approximate surface area is 125 Å². The quantitative estimate of drug-likeness (QED) is 0.571. The Bertz CT molecular complexity index is 532. The van der Waals surface area contributed by atoms with Crippen LogP contribution in [0.1, 0.15) is 12.0 Å². The van der Waals surface area contributed by atoms with Gasteiger partial charge in [0.05, 0.1) is 12.5 Å². The normalized spacial score (nSPS) is 13.2. The Kier molecular flexibility index (Phi) is 6.13. The summed E-state index contributed by atoms with van der Waals surface area (Å²) in [4.78, 5) is 33.3. The fraction of sp³-hybridized carbons (Fsp3) is 0.308. The van der Waals surface area contributed by atoms with Crippen molar-refractivity contribution >= 4 is 29.4 Å². The number of carboxylic acid groups (broad SMARTS) is 2. The maximum absolute atomic E-state index is 11.7. The molecule has 0 saturated heterocycles. The van der Waals surface area contributed by atoms with Crippen molar-refractivity contribution in [2.75, 3.05) is 0 Å². The number of hydrogen-bond donors (Lipinski definition) is 4. The molecule has 114 valence electrons. The summed E-state index contributed by atoms with van der Waals surface area (Å²) in [7, 11) is 0. The first-order chi connectivity index (χ1) is 9.79. The summed E-state index contributed by atoms with van der Waals surface area (Å²) in [5.74, 6) is -3.29. The van der Waals surface area contributed by atoms with E-state index in [0.29, 0.717) is 10.6 Å². The molecule has 0 aliphatic carbocycles. The molecule has 0 bridgehead atoms. The number of nitrogens with two attached hydrogens (primary N) is 1. The van der Waals surface area contributed by atoms with E-state index in [-0.39, 0.29) is 6.42 Å². The van der Waals surface area contributed by atoms with Crippen LogP contribution in [0.2, 0.25) is 5.02 Å². The van der Waals surface area contributed by atoms with Crippen molar-refractivity contribution in [2.24, 2.45) is 5.73 Å². The molecule has 1 aromatic rings. The van der Waals surface area contributed by atoms with Gasteiger partial charge < -0.3 is 21.3 Å². The molecule has 1 rings (SSSR count). The van der Waals surface area contributed by atoms with Gasteiger partial charge in [0, 0.05) is 11.4 Å². The van der Waals surface area contributed by atoms with Crippen molar-refractivity contribution in [3.8, 4) is 0 Å². The first-order valence-corrected chi connectivity index (χ1v) is 6.42. The fourth-order valence-electron chi connectivity index (χ4n) is 1.62. The lowest BCUT2D eigenvalue weighted by Gasteiger charge is -2.17. The Balaban J connectivity index is 2.69. The van der Waals surface area contributed by atoms with E-state index in [9.17, 15) is 14.4 Å². The first kappa shape index (κ1) is 16.9. The van der Waals surface area contributed by atoms with E-state index in [1.54, 1.807) is 24.3 Å². The molecular formula is C13H15ClN2O5. The number of amides is 1. The predicted octanol–water partition coefficient (Wildman–Crippen LogP) is 0.254. The molecule has 21 heavy (non-hydrogen) atoms. The van der Waals surface area contributed by atoms with Gasteiger partial charge in [0.25, 0.3) is 0 Å². The molecular weight excluding hydrogens is 300 g/mol. The van der Waals surface area contributed by atoms with Crippen molar-refractivity contribution in [1.82, 2.24) is 5.32 Å². The van der Waals surface area contributed by atoms with Crippen molar-refractivity contribution < 1.29 is 24.6 Å². The number of carbonyl (C=O) groups excluding carboxylic acids is 1. The summed E-state index contributed by atoms with van der Waals surface area (Å²) >= 11 is 5.73. The van der Waals surface area contributed by atoms with Gasteiger partial charge in [-0.25, -0.2) is 4.79 Å². The Hall–Kier alpha value is -2.12. The van der Waals surface area contributed by atoms with E-state index >= 15 is 0 Å². The van der Waals surface area contributed by atoms with E-state index in [1.807, 2.05) is 0 Å². The standard InChI is InChI=1S/C13H15ClN2O5/c14-8-3-1-7(2-4-8)5-10(13(20)21)16-12(19)9(15)6-11(17)18/h1-4,9-10H,5-6,15H2,(H,16,19)(H,17,18)(H,20,21)/t9-,10-/m0/s1. The summed E-state index contributed by atoms with van der Waals surface area (Å²) in [5, 5.41) is 20.4. The van der Waals surface area contributed by atoms with E-state index in [1.165, 1.54) is 0 Å². The minimum atomic E-state index is -1.30. The number of halogens is 1. The highest BCUT2D eigenvalue weighted by molar-refractivity contribution is 6.30. The molecule has 0 radical (unpaired) electrons. The van der Waals surface area contributed by atoms with Gasteiger partial charge in [0.1, 0.15) is 6.04 Å². The van der Waals surface area contributed by atoms with E-state index in [0.717, 1.165) is 0 Å². The predicted molar refractivity (Wildman–Crippen MR) is 75.0 cm³/mol. The average molecular weight is 315 g/mol. The van der Waals surface area contributed by atoms with Crippen LogP contribution in [-0.4, -0.2) is 40.1 Å². The van der Waals surface area contributed by atoms with E-state index < -0.39 is 36.4 Å². The number of carboxylic acids is 2. The summed E-state index contributed by atoms with van der Waals surface area (Å²) in [6.07, 6.45) is -0.531. The molecule has 7 nitrogen and oxygen atoms in total. The molecule has 0 fully saturated rings. The third-order valence-electron chi connectivity index (χ3n) is 2.70. The third-order valence-corrected chi connectivity index (χ3v) is 2.95. The Morgan fingerprint density at radius 3 is 2.24 bits per heavy atom. The molecule has 0 aliphatic heterocycles. The smallest absolute Gasteiger partial charge is 0.326 e. The number of nitrogens with one attached hydrogen (secondary N) is 1. The zero-order valence-corrected chi connectivity index (χ0v) is 11.7. The number of rotatable bonds is 7. The second-order valence-electron chi connectivity index (χ2n) is 4.43. The minimum Gasteiger partial charge on any atom is -0.481 e. The van der Waals surface area contributed by atoms with Crippen LogP contribution in [0.25, 0.3) is 0 Å². The molecule has 5 N–H and O–H groups in total. The summed E-state index contributed by atoms with van der Waals surface area (Å²) in [6, 6.07) is 4.00. The molecule has 0 unspecified atom stereocenters. The molecule has 0 heterocycles. The van der Waals surface area contributed by atoms with Crippen molar-refractivity contribution in [3.63, 3.8) is 0 Å². The molecule has 8 heteroatoms. The van der Waals surface area contributed by atoms with Gasteiger partial charge in [-0.15, -0.1) is 0 Å². The number of benzene rings is 1. The highest BCUT2D eigenvalue weighted by atomic mass is 35.5. The number of hydrogen-bond acceptors (Lipinski definition) is 4. The summed E-state index contributed by atoms with van der Waals surface area (Å²) in [5.41, 5.74) is 6.04. The van der Waals surface area contributed by atoms with Gasteiger partial charge in [-0.2, -0.15) is 0 Å². The maximum Gasteiger partial charge on any atom is 0.326 e. The van der Waals surface area contributed by atoms with Gasteiger partial charge in [0.2, 0.25) is 5.91 Å². The Morgan fingerprint density at radius 2 is 1.76 bits per heavy atom. The van der Waals surface area contributed by atoms with Crippen LogP contribution in [0.3, 0.4) is 0 Å². The largest absolute Gasteiger partial charge is 0.481 e. The molecule has 1 aromatic carbocycles. The molecule has 0 aromatic heterocycles. The monoisotopic (exact) mass is 314 g/mol. The van der Waals surface area contributed by atoms with Crippen LogP contribution >= 0.6 is 11.6 Å². The highest BCUT2D eigenvalue weighted by Crippen LogP contribution is 2.11. The molecule has 1 amide bonds. The van der Waals surface area contributed by atoms with Crippen LogP contribution < -0.4 is 11.1 Å². The van der Waals surface area contributed by atoms with Crippen molar-refractivity contribution in [2.45, 2.75) is 24.9 Å². The average Bonchev–Trinajstić information content (AvgIpc) is 2.39. The maximum atomic E-state index is 11.7. The molecule has 0 aliphatic rings. The SMILES string of the molecule is N[C@@H](CC(=O)O)C(=O)N[C@@H](Cc1ccc(Cl)cc1)C(=O)O. The second kappa shape index (κ2) is 7.61. The third kappa shape index (κ3) is 5.80. The van der Waals surface area contributed by atoms with Gasteiger partial charge in [0.15, 0.2) is 0 Å². The second-order valence-corrected chi connectivity index (χ2v) is 4.87. The lowest BCUT2D eigenvalue weighted by atomic mass is 10.1. The van der Waals surface area contributed by atoms with Crippen LogP contribution in [0.15, 0.2) is 24.3 Å². The molecule has 0 spiro atoms. The minimum absolute atomic E-state index is 0.0397. The fourth-order valence-corrected chi connectivity index (χ4v) is 1.74. The van der Waals surface area contributed by atoms with Gasteiger partial charge >= 0.3 is 11.9 Å². The van der Waals surface area contributed by atoms with E-state index in [2.05, 4.69) is 5.32 Å². The van der Waals surface area contributed by atoms with Crippen LogP contribution in [0, 0.1) is 0 Å². The molecule has 2 atom stereocenters. The highest BCUT2D eigenvalue weighted by Gasteiger charge is 2.24. The van der Waals surface area contributed by atoms with Gasteiger partial charge in [-0.1, -0.05) is 23.7 Å². The summed E-state index contributed by atoms with van der Waals surface area (Å²) < 4.78 is 0. The summed E-state index contributed by atoms with van der Waals surface area (Å²) in [6.45, 7) is 0. The number of carbonyl (C=O) groups is 3. The molecule has 0 saturated carbocycles. The van der Waals surface area contributed by atoms with Gasteiger partial charge in [-0.3, -0.25) is 9.59 Å². The van der Waals surface area contributed by atoms with Crippen LogP contribution in [0.4, 0.5) is 0 Å². The van der Waals surface area contributed by atoms with Gasteiger partial charge in [-0.05, 0) is 17.7 Å². The lowest BCUT2D eigenvalue weighted by molar-refractivity contribution is -0.142. The van der Waals surface area contributed by atoms with Crippen molar-refractivity contribution in [3.05, 3.63) is 34.9 Å². The van der Waals surface area contributed by atoms with E-state index in [4.69, 9.17) is 27.5 Å². The zero-order chi connectivity index (χ0) is 16.0. The zero-order valence-electron chi connectivity index (χ0n) is 11.0. The van der Waals surface area contributed by atoms with Crippen LogP contribution in [-0.2, 0) is 20.8 Å². The van der Waals surface area contributed by atoms with Crippen LogP contribution in [0.5, 0.6) is 0 Å². The first-order valence-electron chi connectivity index (χ1n) is 6.04.